The van der Waals surface area contributed by atoms with Crippen molar-refractivity contribution in [2.24, 2.45) is 0 Å². The SMILES string of the molecule is CCN1CCCC(n2c(CCl)nc3cccnc32)C1. The van der Waals surface area contributed by atoms with Gasteiger partial charge in [0.05, 0.1) is 5.88 Å². The highest BCUT2D eigenvalue weighted by Gasteiger charge is 2.24. The summed E-state index contributed by atoms with van der Waals surface area (Å²) in [6, 6.07) is 4.38. The Morgan fingerprint density at radius 3 is 3.16 bits per heavy atom. The maximum atomic E-state index is 6.07. The minimum atomic E-state index is 0.443. The molecule has 0 saturated carbocycles. The number of pyridine rings is 1. The van der Waals surface area contributed by atoms with Crippen LogP contribution in [0.2, 0.25) is 0 Å². The van der Waals surface area contributed by atoms with Crippen molar-refractivity contribution < 1.29 is 0 Å². The lowest BCUT2D eigenvalue weighted by Gasteiger charge is -2.33. The molecule has 0 aromatic carbocycles. The van der Waals surface area contributed by atoms with Gasteiger partial charge < -0.3 is 9.47 Å². The van der Waals surface area contributed by atoms with Crippen molar-refractivity contribution >= 4 is 22.8 Å². The highest BCUT2D eigenvalue weighted by Crippen LogP contribution is 2.27. The minimum Gasteiger partial charge on any atom is -0.307 e. The first kappa shape index (κ1) is 12.9. The van der Waals surface area contributed by atoms with Gasteiger partial charge in [0.2, 0.25) is 0 Å². The Bertz CT molecular complexity index is 566. The Kier molecular flexibility index (Phi) is 3.71. The van der Waals surface area contributed by atoms with Crippen LogP contribution in [0.4, 0.5) is 0 Å². The molecular formula is C14H19ClN4. The van der Waals surface area contributed by atoms with Crippen LogP contribution < -0.4 is 0 Å². The molecule has 0 N–H and O–H groups in total. The van der Waals surface area contributed by atoms with Gasteiger partial charge in [0.15, 0.2) is 5.65 Å². The fraction of sp³-hybridized carbons (Fsp3) is 0.571. The maximum Gasteiger partial charge on any atom is 0.160 e. The molecule has 102 valence electrons. The fourth-order valence-electron chi connectivity index (χ4n) is 2.98. The molecule has 2 aromatic heterocycles. The van der Waals surface area contributed by atoms with Crippen molar-refractivity contribution in [1.29, 1.82) is 0 Å². The summed E-state index contributed by atoms with van der Waals surface area (Å²) in [5.41, 5.74) is 1.92. The van der Waals surface area contributed by atoms with Crippen molar-refractivity contribution in [1.82, 2.24) is 19.4 Å². The molecule has 3 rings (SSSR count). The number of rotatable bonds is 3. The molecule has 2 aromatic rings. The van der Waals surface area contributed by atoms with Crippen LogP contribution in [-0.4, -0.2) is 39.1 Å². The van der Waals surface area contributed by atoms with Gasteiger partial charge in [-0.25, -0.2) is 9.97 Å². The molecule has 4 nitrogen and oxygen atoms in total. The average molecular weight is 279 g/mol. The lowest BCUT2D eigenvalue weighted by molar-refractivity contribution is 0.185. The van der Waals surface area contributed by atoms with Gasteiger partial charge in [-0.1, -0.05) is 6.92 Å². The first-order valence-electron chi connectivity index (χ1n) is 6.93. The number of alkyl halides is 1. The molecule has 3 heterocycles. The third-order valence-corrected chi connectivity index (χ3v) is 4.17. The quantitative estimate of drug-likeness (QED) is 0.810. The number of fused-ring (bicyclic) bond motifs is 1. The minimum absolute atomic E-state index is 0.443. The van der Waals surface area contributed by atoms with Gasteiger partial charge in [-0.3, -0.25) is 0 Å². The number of imidazole rings is 1. The molecule has 0 spiro atoms. The Balaban J connectivity index is 2.02. The average Bonchev–Trinajstić information content (AvgIpc) is 2.85. The lowest BCUT2D eigenvalue weighted by Crippen LogP contribution is -2.36. The normalized spacial score (nSPS) is 21.1. The summed E-state index contributed by atoms with van der Waals surface area (Å²) in [5, 5.41) is 0. The van der Waals surface area contributed by atoms with Crippen LogP contribution in [0.3, 0.4) is 0 Å². The highest BCUT2D eigenvalue weighted by molar-refractivity contribution is 6.16. The van der Waals surface area contributed by atoms with E-state index >= 15 is 0 Å². The molecule has 1 aliphatic rings. The van der Waals surface area contributed by atoms with Crippen molar-refractivity contribution in [2.75, 3.05) is 19.6 Å². The third-order valence-electron chi connectivity index (χ3n) is 3.93. The summed E-state index contributed by atoms with van der Waals surface area (Å²) in [4.78, 5) is 11.6. The molecule has 0 bridgehead atoms. The summed E-state index contributed by atoms with van der Waals surface area (Å²) >= 11 is 6.07. The van der Waals surface area contributed by atoms with E-state index in [1.54, 1.807) is 0 Å². The third kappa shape index (κ3) is 2.35. The van der Waals surface area contributed by atoms with Gasteiger partial charge in [0.1, 0.15) is 11.3 Å². The van der Waals surface area contributed by atoms with Crippen molar-refractivity contribution in [3.8, 4) is 0 Å². The van der Waals surface area contributed by atoms with Gasteiger partial charge in [-0.2, -0.15) is 0 Å². The van der Waals surface area contributed by atoms with E-state index in [1.165, 1.54) is 19.4 Å². The van der Waals surface area contributed by atoms with Crippen LogP contribution in [-0.2, 0) is 5.88 Å². The number of hydrogen-bond donors (Lipinski definition) is 0. The zero-order valence-corrected chi connectivity index (χ0v) is 12.0. The molecular weight excluding hydrogens is 260 g/mol. The summed E-state index contributed by atoms with van der Waals surface area (Å²) in [6.07, 6.45) is 4.24. The first-order chi connectivity index (χ1) is 9.33. The molecule has 5 heteroatoms. The van der Waals surface area contributed by atoms with E-state index in [0.29, 0.717) is 11.9 Å². The van der Waals surface area contributed by atoms with Crippen LogP contribution >= 0.6 is 11.6 Å². The Hall–Kier alpha value is -1.13. The van der Waals surface area contributed by atoms with E-state index in [0.717, 1.165) is 30.1 Å². The Labute approximate surface area is 118 Å². The Morgan fingerprint density at radius 1 is 1.47 bits per heavy atom. The van der Waals surface area contributed by atoms with E-state index < -0.39 is 0 Å². The molecule has 0 aliphatic carbocycles. The molecule has 1 fully saturated rings. The summed E-state index contributed by atoms with van der Waals surface area (Å²) in [6.45, 7) is 5.59. The van der Waals surface area contributed by atoms with Crippen LogP contribution in [0.5, 0.6) is 0 Å². The molecule has 1 aliphatic heterocycles. The number of likely N-dealkylation sites (tertiary alicyclic amines) is 1. The van der Waals surface area contributed by atoms with Gasteiger partial charge in [0.25, 0.3) is 0 Å². The van der Waals surface area contributed by atoms with Crippen LogP contribution in [0.25, 0.3) is 11.2 Å². The number of hydrogen-bond acceptors (Lipinski definition) is 3. The van der Waals surface area contributed by atoms with Gasteiger partial charge in [-0.15, -0.1) is 11.6 Å². The topological polar surface area (TPSA) is 34.0 Å². The first-order valence-corrected chi connectivity index (χ1v) is 7.47. The van der Waals surface area contributed by atoms with Crippen LogP contribution in [0.1, 0.15) is 31.6 Å². The van der Waals surface area contributed by atoms with E-state index in [4.69, 9.17) is 11.6 Å². The van der Waals surface area contributed by atoms with Gasteiger partial charge in [0, 0.05) is 18.8 Å². The zero-order chi connectivity index (χ0) is 13.2. The number of likely N-dealkylation sites (N-methyl/N-ethyl adjacent to an activating group) is 1. The monoisotopic (exact) mass is 278 g/mol. The van der Waals surface area contributed by atoms with Gasteiger partial charge in [-0.05, 0) is 38.1 Å². The molecule has 1 atom stereocenters. The molecule has 0 radical (unpaired) electrons. The second-order valence-corrected chi connectivity index (χ2v) is 5.33. The smallest absolute Gasteiger partial charge is 0.160 e. The summed E-state index contributed by atoms with van der Waals surface area (Å²) in [7, 11) is 0. The predicted octanol–water partition coefficient (Wildman–Crippen LogP) is 2.83. The second kappa shape index (κ2) is 5.47. The van der Waals surface area contributed by atoms with E-state index in [1.807, 2.05) is 18.3 Å². The van der Waals surface area contributed by atoms with E-state index in [2.05, 4.69) is 26.4 Å². The molecule has 1 saturated heterocycles. The fourth-order valence-corrected chi connectivity index (χ4v) is 3.17. The Morgan fingerprint density at radius 2 is 2.37 bits per heavy atom. The number of aromatic nitrogens is 3. The second-order valence-electron chi connectivity index (χ2n) is 5.07. The van der Waals surface area contributed by atoms with Crippen LogP contribution in [0, 0.1) is 0 Å². The standard InChI is InChI=1S/C14H19ClN4/c1-2-18-8-4-5-11(10-18)19-13(9-15)17-12-6-3-7-16-14(12)19/h3,6-7,11H,2,4-5,8-10H2,1H3. The summed E-state index contributed by atoms with van der Waals surface area (Å²) in [5.74, 6) is 1.39. The molecule has 1 unspecified atom stereocenters. The van der Waals surface area contributed by atoms with Crippen LogP contribution in [0.15, 0.2) is 18.3 Å². The van der Waals surface area contributed by atoms with Crippen molar-refractivity contribution in [3.05, 3.63) is 24.2 Å². The molecule has 19 heavy (non-hydrogen) atoms. The lowest BCUT2D eigenvalue weighted by atomic mass is 10.1. The number of halogens is 1. The largest absolute Gasteiger partial charge is 0.307 e. The van der Waals surface area contributed by atoms with Gasteiger partial charge >= 0.3 is 0 Å². The maximum absolute atomic E-state index is 6.07. The highest BCUT2D eigenvalue weighted by atomic mass is 35.5. The predicted molar refractivity (Wildman–Crippen MR) is 77.5 cm³/mol. The van der Waals surface area contributed by atoms with E-state index in [9.17, 15) is 0 Å². The molecule has 0 amide bonds. The number of nitrogens with zero attached hydrogens (tertiary/aromatic N) is 4. The number of piperidine rings is 1. The van der Waals surface area contributed by atoms with Crippen molar-refractivity contribution in [3.63, 3.8) is 0 Å². The summed E-state index contributed by atoms with van der Waals surface area (Å²) < 4.78 is 2.25. The zero-order valence-electron chi connectivity index (χ0n) is 11.2. The van der Waals surface area contributed by atoms with E-state index in [-0.39, 0.29) is 0 Å². The van der Waals surface area contributed by atoms with Crippen molar-refractivity contribution in [2.45, 2.75) is 31.7 Å².